The third-order valence-electron chi connectivity index (χ3n) is 23.5. The van der Waals surface area contributed by atoms with Gasteiger partial charge in [-0.15, -0.1) is 0 Å². The van der Waals surface area contributed by atoms with E-state index in [2.05, 4.69) is 108 Å². The fourth-order valence-corrected chi connectivity index (χ4v) is 18.5. The van der Waals surface area contributed by atoms with Gasteiger partial charge in [0.05, 0.1) is 54.0 Å². The highest BCUT2D eigenvalue weighted by Gasteiger charge is 2.39. The van der Waals surface area contributed by atoms with Gasteiger partial charge in [-0.3, -0.25) is 33.6 Å². The number of carbonyl (C=O) groups is 6. The number of ketones is 2. The van der Waals surface area contributed by atoms with Crippen LogP contribution in [0.2, 0.25) is 10.0 Å². The Morgan fingerprint density at radius 2 is 1.01 bits per heavy atom. The molecule has 0 spiro atoms. The van der Waals surface area contributed by atoms with Gasteiger partial charge in [0.2, 0.25) is 45.6 Å². The molecule has 694 valence electrons. The van der Waals surface area contributed by atoms with E-state index in [1.165, 1.54) is 43.4 Å². The smallest absolute Gasteiger partial charge is 0.415 e. The number of phenols is 1. The van der Waals surface area contributed by atoms with E-state index in [1.54, 1.807) is 121 Å². The van der Waals surface area contributed by atoms with Crippen molar-refractivity contribution < 1.29 is 70.1 Å². The first-order valence-corrected chi connectivity index (χ1v) is 46.9. The predicted molar refractivity (Wildman–Crippen MR) is 531 cm³/mol. The van der Waals surface area contributed by atoms with E-state index in [0.717, 1.165) is 76.1 Å². The van der Waals surface area contributed by atoms with Gasteiger partial charge < -0.3 is 43.5 Å². The van der Waals surface area contributed by atoms with Crippen LogP contribution in [0, 0.1) is 47.3 Å². The van der Waals surface area contributed by atoms with Gasteiger partial charge in [0.25, 0.3) is 11.8 Å². The lowest BCUT2D eigenvalue weighted by Crippen LogP contribution is -2.46. The Labute approximate surface area is 796 Å². The maximum absolute atomic E-state index is 14.6. The molecule has 4 N–H and O–H groups in total. The molecule has 1 aliphatic rings. The number of benzene rings is 11. The molecule has 0 aliphatic heterocycles. The normalized spacial score (nSPS) is 13.2. The van der Waals surface area contributed by atoms with Crippen molar-refractivity contribution in [3.05, 3.63) is 313 Å². The van der Waals surface area contributed by atoms with Crippen LogP contribution in [0.15, 0.2) is 227 Å². The molecule has 23 nitrogen and oxygen atoms in total. The number of nitriles is 2. The number of phenolic OH excluding ortho intramolecular Hbond substituents is 1. The van der Waals surface area contributed by atoms with Gasteiger partial charge in [0, 0.05) is 29.3 Å². The number of oxazole rings is 2. The fourth-order valence-electron chi connectivity index (χ4n) is 17.6. The van der Waals surface area contributed by atoms with Crippen LogP contribution in [0.4, 0.5) is 27.5 Å². The van der Waals surface area contributed by atoms with Crippen LogP contribution in [-0.2, 0) is 64.0 Å². The van der Waals surface area contributed by atoms with Crippen LogP contribution in [0.5, 0.6) is 17.2 Å². The summed E-state index contributed by atoms with van der Waals surface area (Å²) in [7, 11) is -0.646. The first-order valence-electron chi connectivity index (χ1n) is 44.3. The third-order valence-corrected chi connectivity index (χ3v) is 24.7. The lowest BCUT2D eigenvalue weighted by Gasteiger charge is -2.33. The van der Waals surface area contributed by atoms with Gasteiger partial charge in [0.15, 0.2) is 11.2 Å². The Bertz CT molecular complexity index is 6960. The van der Waals surface area contributed by atoms with Crippen molar-refractivity contribution >= 4 is 148 Å². The van der Waals surface area contributed by atoms with Gasteiger partial charge in [-0.1, -0.05) is 196 Å². The number of carbonyl (C=O) groups excluding carboxylic acids is 6. The van der Waals surface area contributed by atoms with E-state index < -0.39 is 57.7 Å². The summed E-state index contributed by atoms with van der Waals surface area (Å²) in [4.78, 5) is 95.9. The molecule has 2 aromatic heterocycles. The number of Topliss-reactive ketones (excluding diaryl/α,β-unsaturated/α-hetero) is 2. The topological polar surface area (TPSA) is 333 Å². The molecule has 1 saturated carbocycles. The van der Waals surface area contributed by atoms with Gasteiger partial charge in [0.1, 0.15) is 51.6 Å². The monoisotopic (exact) mass is 1870 g/mol. The number of hydrogen-bond donors (Lipinski definition) is 4. The number of methoxy groups -OCH3 is 2. The molecule has 2 unspecified atom stereocenters. The average molecular weight is 1870 g/mol. The Hall–Kier alpha value is -14.2. The lowest BCUT2D eigenvalue weighted by molar-refractivity contribution is -0.150. The van der Waals surface area contributed by atoms with Crippen LogP contribution in [0.25, 0.3) is 56.3 Å². The molecule has 0 radical (unpaired) electrons. The number of ether oxygens (including phenoxy) is 4. The van der Waals surface area contributed by atoms with Crippen LogP contribution >= 0.6 is 23.2 Å². The number of hydrogen-bond acceptors (Lipinski definition) is 19. The minimum Gasteiger partial charge on any atom is -0.508 e. The van der Waals surface area contributed by atoms with Crippen molar-refractivity contribution in [1.82, 2.24) is 9.97 Å². The molecular formula is C109H108Cl2N8O15S. The second kappa shape index (κ2) is 41.5. The minimum atomic E-state index is -3.62. The Morgan fingerprint density at radius 1 is 0.541 bits per heavy atom. The van der Waals surface area contributed by atoms with E-state index in [9.17, 15) is 52.8 Å². The molecule has 0 bridgehead atoms. The third kappa shape index (κ3) is 25.0. The van der Waals surface area contributed by atoms with Crippen molar-refractivity contribution in [2.24, 2.45) is 10.8 Å². The number of nitrogens with one attached hydrogen (secondary N) is 3. The van der Waals surface area contributed by atoms with E-state index in [1.807, 2.05) is 92.7 Å². The molecule has 3 amide bonds. The van der Waals surface area contributed by atoms with Gasteiger partial charge in [-0.25, -0.2) is 23.2 Å². The summed E-state index contributed by atoms with van der Waals surface area (Å²) in [5.41, 5.74) is 13.2. The number of sulfonamides is 1. The van der Waals surface area contributed by atoms with Crippen molar-refractivity contribution in [2.45, 2.75) is 170 Å². The molecular weight excluding hydrogens is 1760 g/mol. The van der Waals surface area contributed by atoms with Crippen LogP contribution in [0.1, 0.15) is 201 Å². The first-order chi connectivity index (χ1) is 64.0. The summed E-state index contributed by atoms with van der Waals surface area (Å²) in [6.45, 7) is 25.9. The largest absolute Gasteiger partial charge is 0.508 e. The number of allylic oxidation sites excluding steroid dienone is 2. The van der Waals surface area contributed by atoms with Gasteiger partial charge in [-0.05, 0) is 279 Å². The number of halogens is 2. The molecule has 2 atom stereocenters. The second-order valence-electron chi connectivity index (χ2n) is 37.8. The Morgan fingerprint density at radius 3 is 1.48 bits per heavy atom. The summed E-state index contributed by atoms with van der Waals surface area (Å²) < 4.78 is 61.7. The number of fused-ring (bicyclic) bond motifs is 3. The quantitative estimate of drug-likeness (QED) is 0.0141. The number of aromatic hydroxyl groups is 1. The number of anilines is 4. The van der Waals surface area contributed by atoms with Crippen LogP contribution in [-0.4, -0.2) is 97.7 Å². The highest BCUT2D eigenvalue weighted by atomic mass is 35.5. The standard InChI is InChI=1S/C55H53ClN4O8S.C54H55ClN4O7/c1-33-25-34(13-15-38(33)29-39(31-57)53-59-47-30-40(19-24-48(47)67-53)55(5,6)32-54(2,3)4)28-49(61)68-51(50(62)37-16-20-41(66-7)21-17-37)52(63)58-46-27-35(14-22-44(46)56)26-43-42-12-10-9-11-36(42)18-23-45(43)60-69(8,64)65;1-33-26-41(19-15-37(33)29-38(31-56)51-58-46-30-39(18-25-47(46)65-51)54(5,6)32-53(2,3)4)59(40-10-8-9-11-40)52(63)66-49(48(61)36-16-22-43(64-7)23-17-36)50(62)57-45-28-35(14-24-44(45)55)27-34-12-20-42(60)21-13-34/h9-25,27,29-30,51,60H,26,28,32H2,1-8H3,(H,58,63);12-26,28-30,40,49,60H,8-11,27,32H2,1-7H3,(H,57,62)/b39-29+;38-29+. The molecule has 26 heteroatoms. The summed E-state index contributed by atoms with van der Waals surface area (Å²) in [6, 6.07) is 66.9. The highest BCUT2D eigenvalue weighted by molar-refractivity contribution is 7.92. The Kier molecular flexibility index (Phi) is 30.3. The molecule has 2 heterocycles. The maximum atomic E-state index is 14.6. The predicted octanol–water partition coefficient (Wildman–Crippen LogP) is 24.3. The molecule has 0 saturated heterocycles. The molecule has 1 fully saturated rings. The van der Waals surface area contributed by atoms with Crippen molar-refractivity contribution in [1.29, 1.82) is 10.5 Å². The number of esters is 1. The van der Waals surface area contributed by atoms with E-state index >= 15 is 0 Å². The zero-order valence-corrected chi connectivity index (χ0v) is 80.4. The number of amides is 3. The average Bonchev–Trinajstić information content (AvgIpc) is 1.77. The SMILES string of the molecule is COc1ccc(C(=O)C(OC(=O)Cc2ccc(/C=C(\C#N)c3nc4cc(C(C)(C)CC(C)(C)C)ccc4o3)c(C)c2)C(=O)Nc2cc(Cc3c(NS(C)(=O)=O)ccc4ccccc34)ccc2Cl)cc1.COc1ccc(C(=O)C(OC(=O)N(c2ccc(/C=C(\C#N)c3nc4cc(C(C)(C)CC(C)(C)C)ccc4o3)c(C)c2)C2CCCC2)C(=O)Nc2cc(Cc3ccc(O)cc3)ccc2Cl)cc1. The summed E-state index contributed by atoms with van der Waals surface area (Å²) in [5.74, 6) is -2.70. The maximum Gasteiger partial charge on any atom is 0.415 e. The first kappa shape index (κ1) is 98.3. The van der Waals surface area contributed by atoms with Crippen molar-refractivity contribution in [3.63, 3.8) is 0 Å². The van der Waals surface area contributed by atoms with Gasteiger partial charge in [-0.2, -0.15) is 10.5 Å². The van der Waals surface area contributed by atoms with Crippen LogP contribution < -0.4 is 29.7 Å². The number of aromatic nitrogens is 2. The number of nitrogens with zero attached hydrogens (tertiary/aromatic N) is 5. The molecule has 1 aliphatic carbocycles. The van der Waals surface area contributed by atoms with E-state index in [0.29, 0.717) is 92.2 Å². The van der Waals surface area contributed by atoms with Crippen LogP contribution in [0.3, 0.4) is 0 Å². The van der Waals surface area contributed by atoms with Crippen molar-refractivity contribution in [2.75, 3.05) is 40.7 Å². The zero-order valence-electron chi connectivity index (χ0n) is 78.1. The number of aryl methyl sites for hydroxylation is 2. The summed E-state index contributed by atoms with van der Waals surface area (Å²) in [6.07, 6.45) is 5.27. The fraction of sp³-hybridized carbons (Fsp3) is 0.284. The molecule has 14 rings (SSSR count). The van der Waals surface area contributed by atoms with Crippen molar-refractivity contribution in [3.8, 4) is 29.4 Å². The van der Waals surface area contributed by atoms with Gasteiger partial charge >= 0.3 is 12.1 Å². The lowest BCUT2D eigenvalue weighted by atomic mass is 9.72. The Balaban J connectivity index is 0.000000229. The molecule has 11 aromatic carbocycles. The highest BCUT2D eigenvalue weighted by Crippen LogP contribution is 2.42. The van der Waals surface area contributed by atoms with E-state index in [4.69, 9.17) is 56.0 Å². The second-order valence-corrected chi connectivity index (χ2v) is 40.4. The van der Waals surface area contributed by atoms with E-state index in [-0.39, 0.29) is 102 Å². The minimum absolute atomic E-state index is 0.0921. The molecule has 13 aromatic rings. The summed E-state index contributed by atoms with van der Waals surface area (Å²) in [5, 5.41) is 37.8. The zero-order chi connectivity index (χ0) is 97.2. The molecule has 135 heavy (non-hydrogen) atoms. The summed E-state index contributed by atoms with van der Waals surface area (Å²) >= 11 is 13.2. The number of rotatable bonds is 30.